The minimum atomic E-state index is -1.30. The average molecular weight is 362 g/mol. The molecule has 2 aromatic heterocycles. The second-order valence-corrected chi connectivity index (χ2v) is 6.20. The molecule has 1 N–H and O–H groups in total. The van der Waals surface area contributed by atoms with Crippen LogP contribution in [0.5, 0.6) is 0 Å². The van der Waals surface area contributed by atoms with Gasteiger partial charge in [0, 0.05) is 29.5 Å². The second-order valence-electron chi connectivity index (χ2n) is 5.39. The van der Waals surface area contributed by atoms with Crippen molar-refractivity contribution in [3.8, 4) is 0 Å². The Kier molecular flexibility index (Phi) is 4.30. The highest BCUT2D eigenvalue weighted by molar-refractivity contribution is 6.42. The summed E-state index contributed by atoms with van der Waals surface area (Å²) in [6, 6.07) is 6.49. The molecular weight excluding hydrogens is 351 g/mol. The summed E-state index contributed by atoms with van der Waals surface area (Å²) in [5.41, 5.74) is 2.06. The fourth-order valence-electron chi connectivity index (χ4n) is 2.55. The number of carbonyl (C=O) groups excluding carboxylic acids is 2. The fourth-order valence-corrected chi connectivity index (χ4v) is 2.88. The number of benzene rings is 1. The number of ketones is 1. The highest BCUT2D eigenvalue weighted by Crippen LogP contribution is 2.32. The normalized spacial score (nSPS) is 11.0. The molecule has 3 aromatic rings. The third-order valence-corrected chi connectivity index (χ3v) is 4.37. The predicted octanol–water partition coefficient (Wildman–Crippen LogP) is 2.70. The Morgan fingerprint density at radius 3 is 2.58 bits per heavy atom. The van der Waals surface area contributed by atoms with Crippen molar-refractivity contribution < 1.29 is 14.7 Å². The first-order valence-electron chi connectivity index (χ1n) is 7.03. The number of carbonyl (C=O) groups is 2. The van der Waals surface area contributed by atoms with Crippen LogP contribution in [0.3, 0.4) is 0 Å². The van der Waals surface area contributed by atoms with Gasteiger partial charge in [-0.1, -0.05) is 23.2 Å². The Bertz CT molecular complexity index is 979. The smallest absolute Gasteiger partial charge is 0.227 e. The number of nitrogens with zero attached hydrogens (tertiary/aromatic N) is 1. The lowest BCUT2D eigenvalue weighted by Gasteiger charge is -2.06. The van der Waals surface area contributed by atoms with Crippen molar-refractivity contribution in [1.29, 1.82) is 0 Å². The second kappa shape index (κ2) is 6.26. The molecular formula is C17H11Cl2N2O3-. The summed E-state index contributed by atoms with van der Waals surface area (Å²) >= 11 is 12.0. The Balaban J connectivity index is 2.22. The molecule has 0 fully saturated rings. The Labute approximate surface area is 147 Å². The maximum Gasteiger partial charge on any atom is 0.227 e. The van der Waals surface area contributed by atoms with Gasteiger partial charge in [-0.05, 0) is 42.3 Å². The van der Waals surface area contributed by atoms with E-state index in [9.17, 15) is 14.7 Å². The molecule has 0 radical (unpaired) electrons. The van der Waals surface area contributed by atoms with Gasteiger partial charge in [-0.2, -0.15) is 0 Å². The van der Waals surface area contributed by atoms with E-state index in [-0.39, 0.29) is 16.4 Å². The Morgan fingerprint density at radius 2 is 1.92 bits per heavy atom. The van der Waals surface area contributed by atoms with E-state index in [0.29, 0.717) is 21.5 Å². The summed E-state index contributed by atoms with van der Waals surface area (Å²) < 4.78 is 0. The maximum atomic E-state index is 12.8. The molecule has 0 aliphatic rings. The lowest BCUT2D eigenvalue weighted by Crippen LogP contribution is -2.25. The number of hydrogen-bond donors (Lipinski definition) is 1. The highest BCUT2D eigenvalue weighted by atomic mass is 35.5. The van der Waals surface area contributed by atoms with E-state index in [1.54, 1.807) is 18.2 Å². The third-order valence-electron chi connectivity index (χ3n) is 3.64. The molecule has 0 aliphatic carbocycles. The Morgan fingerprint density at radius 1 is 1.21 bits per heavy atom. The van der Waals surface area contributed by atoms with Crippen LogP contribution in [-0.4, -0.2) is 21.7 Å². The largest absolute Gasteiger partial charge is 0.550 e. The number of H-pyrrole nitrogens is 1. The molecule has 0 unspecified atom stereocenters. The van der Waals surface area contributed by atoms with Crippen LogP contribution >= 0.6 is 23.2 Å². The number of carboxylic acids is 1. The molecule has 0 bridgehead atoms. The van der Waals surface area contributed by atoms with Gasteiger partial charge >= 0.3 is 0 Å². The fraction of sp³-hybridized carbons (Fsp3) is 0.118. The SMILES string of the molecule is Cc1ccnc(C(=O)c2[nH]c3cc(Cl)c(Cl)cc3c2CC(=O)[O-])c1. The number of fused-ring (bicyclic) bond motifs is 1. The first-order valence-corrected chi connectivity index (χ1v) is 7.79. The van der Waals surface area contributed by atoms with Crippen molar-refractivity contribution in [3.05, 3.63) is 63.0 Å². The minimum absolute atomic E-state index is 0.144. The van der Waals surface area contributed by atoms with Crippen molar-refractivity contribution in [2.45, 2.75) is 13.3 Å². The van der Waals surface area contributed by atoms with Gasteiger partial charge in [0.1, 0.15) is 5.69 Å². The first kappa shape index (κ1) is 16.5. The molecule has 24 heavy (non-hydrogen) atoms. The number of hydrogen-bond acceptors (Lipinski definition) is 4. The molecule has 5 nitrogen and oxygen atoms in total. The molecule has 0 saturated heterocycles. The lowest BCUT2D eigenvalue weighted by molar-refractivity contribution is -0.304. The van der Waals surface area contributed by atoms with Gasteiger partial charge in [-0.25, -0.2) is 0 Å². The minimum Gasteiger partial charge on any atom is -0.550 e. The van der Waals surface area contributed by atoms with Crippen LogP contribution in [0, 0.1) is 6.92 Å². The topological polar surface area (TPSA) is 85.9 Å². The van der Waals surface area contributed by atoms with E-state index in [1.807, 2.05) is 6.92 Å². The quantitative estimate of drug-likeness (QED) is 0.723. The summed E-state index contributed by atoms with van der Waals surface area (Å²) in [6.07, 6.45) is 1.10. The van der Waals surface area contributed by atoms with Crippen LogP contribution < -0.4 is 5.11 Å². The van der Waals surface area contributed by atoms with Gasteiger partial charge in [0.2, 0.25) is 5.78 Å². The van der Waals surface area contributed by atoms with Crippen molar-refractivity contribution in [3.63, 3.8) is 0 Å². The van der Waals surface area contributed by atoms with E-state index in [2.05, 4.69) is 9.97 Å². The zero-order chi connectivity index (χ0) is 17.4. The molecule has 122 valence electrons. The number of halogens is 2. The number of rotatable bonds is 4. The van der Waals surface area contributed by atoms with Crippen LogP contribution in [0.1, 0.15) is 27.3 Å². The summed E-state index contributed by atoms with van der Waals surface area (Å²) in [6.45, 7) is 1.84. The van der Waals surface area contributed by atoms with Crippen molar-refractivity contribution in [1.82, 2.24) is 9.97 Å². The van der Waals surface area contributed by atoms with Gasteiger partial charge in [-0.15, -0.1) is 0 Å². The zero-order valence-electron chi connectivity index (χ0n) is 12.5. The van der Waals surface area contributed by atoms with E-state index < -0.39 is 18.2 Å². The monoisotopic (exact) mass is 361 g/mol. The van der Waals surface area contributed by atoms with Gasteiger partial charge in [0.25, 0.3) is 0 Å². The maximum absolute atomic E-state index is 12.8. The van der Waals surface area contributed by atoms with Crippen LogP contribution in [0.25, 0.3) is 10.9 Å². The van der Waals surface area contributed by atoms with Crippen molar-refractivity contribution in [2.24, 2.45) is 0 Å². The number of aryl methyl sites for hydroxylation is 1. The van der Waals surface area contributed by atoms with Gasteiger partial charge in [-0.3, -0.25) is 9.78 Å². The van der Waals surface area contributed by atoms with E-state index in [4.69, 9.17) is 23.2 Å². The zero-order valence-corrected chi connectivity index (χ0v) is 14.0. The number of carboxylic acid groups (broad SMARTS) is 1. The lowest BCUT2D eigenvalue weighted by atomic mass is 10.0. The van der Waals surface area contributed by atoms with Gasteiger partial charge < -0.3 is 14.9 Å². The summed E-state index contributed by atoms with van der Waals surface area (Å²) in [5.74, 6) is -1.70. The van der Waals surface area contributed by atoms with Gasteiger partial charge in [0.15, 0.2) is 0 Å². The van der Waals surface area contributed by atoms with Crippen LogP contribution in [-0.2, 0) is 11.2 Å². The molecule has 0 aliphatic heterocycles. The molecule has 0 amide bonds. The van der Waals surface area contributed by atoms with Crippen LogP contribution in [0.15, 0.2) is 30.5 Å². The van der Waals surface area contributed by atoms with E-state index in [1.165, 1.54) is 12.3 Å². The number of aliphatic carboxylic acids is 1. The number of aromatic amines is 1. The number of pyridine rings is 1. The average Bonchev–Trinajstić information content (AvgIpc) is 2.84. The summed E-state index contributed by atoms with van der Waals surface area (Å²) in [4.78, 5) is 30.9. The summed E-state index contributed by atoms with van der Waals surface area (Å²) in [7, 11) is 0. The molecule has 0 saturated carbocycles. The van der Waals surface area contributed by atoms with Gasteiger partial charge in [0.05, 0.1) is 15.7 Å². The van der Waals surface area contributed by atoms with Crippen LogP contribution in [0.2, 0.25) is 10.0 Å². The molecule has 0 atom stereocenters. The Hall–Kier alpha value is -2.37. The molecule has 3 rings (SSSR count). The third kappa shape index (κ3) is 3.00. The van der Waals surface area contributed by atoms with Crippen LogP contribution in [0.4, 0.5) is 0 Å². The number of nitrogens with one attached hydrogen (secondary N) is 1. The predicted molar refractivity (Wildman–Crippen MR) is 89.4 cm³/mol. The molecule has 7 heteroatoms. The molecule has 2 heterocycles. The summed E-state index contributed by atoms with van der Waals surface area (Å²) in [5, 5.41) is 12.2. The molecule has 0 spiro atoms. The van der Waals surface area contributed by atoms with Crippen molar-refractivity contribution >= 4 is 45.9 Å². The molecule has 1 aromatic carbocycles. The first-order chi connectivity index (χ1) is 11.4. The number of aromatic nitrogens is 2. The standard InChI is InChI=1S/C17H12Cl2N2O3/c1-8-2-3-20-14(4-8)17(24)16-10(6-15(22)23)9-5-11(18)12(19)7-13(9)21-16/h2-5,7,21H,6H2,1H3,(H,22,23)/p-1. The van der Waals surface area contributed by atoms with Crippen molar-refractivity contribution in [2.75, 3.05) is 0 Å². The van der Waals surface area contributed by atoms with E-state index in [0.717, 1.165) is 5.56 Å². The highest BCUT2D eigenvalue weighted by Gasteiger charge is 2.21. The van der Waals surface area contributed by atoms with E-state index >= 15 is 0 Å².